The van der Waals surface area contributed by atoms with E-state index in [-0.39, 0.29) is 12.8 Å². The normalized spacial score (nSPS) is 14.4. The molecule has 0 fully saturated rings. The molecule has 1 N–H and O–H groups in total. The zero-order valence-corrected chi connectivity index (χ0v) is 13.2. The number of hydrogen-bond donors (Lipinski definition) is 1. The van der Waals surface area contributed by atoms with Crippen molar-refractivity contribution in [1.29, 1.82) is 0 Å². The van der Waals surface area contributed by atoms with Crippen LogP contribution < -0.4 is 0 Å². The number of unbranched alkanes of at least 4 members (excludes halogenated alkanes) is 1. The Bertz CT molecular complexity index is 346. The largest absolute Gasteiger partial charge is 0.480 e. The quantitative estimate of drug-likeness (QED) is 0.375. The van der Waals surface area contributed by atoms with Gasteiger partial charge < -0.3 is 9.84 Å². The summed E-state index contributed by atoms with van der Waals surface area (Å²) in [4.78, 5) is 24.0. The lowest BCUT2D eigenvalue weighted by Gasteiger charge is -2.32. The Morgan fingerprint density at radius 2 is 1.80 bits per heavy atom. The van der Waals surface area contributed by atoms with Crippen molar-refractivity contribution in [3.05, 3.63) is 12.7 Å². The van der Waals surface area contributed by atoms with Crippen molar-refractivity contribution in [2.45, 2.75) is 71.8 Å². The molecular weight excluding hydrogens is 256 g/mol. The summed E-state index contributed by atoms with van der Waals surface area (Å²) in [5.41, 5.74) is -2.14. The molecule has 0 bridgehead atoms. The second kappa shape index (κ2) is 8.08. The van der Waals surface area contributed by atoms with E-state index < -0.39 is 23.0 Å². The highest BCUT2D eigenvalue weighted by Crippen LogP contribution is 2.33. The zero-order valence-electron chi connectivity index (χ0n) is 13.2. The third kappa shape index (κ3) is 4.99. The van der Waals surface area contributed by atoms with E-state index in [1.807, 2.05) is 20.8 Å². The predicted molar refractivity (Wildman–Crippen MR) is 79.5 cm³/mol. The van der Waals surface area contributed by atoms with E-state index in [4.69, 9.17) is 4.74 Å². The first kappa shape index (κ1) is 18.7. The van der Waals surface area contributed by atoms with Crippen molar-refractivity contribution >= 4 is 11.9 Å². The second-order valence-electron chi connectivity index (χ2n) is 5.88. The van der Waals surface area contributed by atoms with E-state index in [2.05, 4.69) is 13.5 Å². The van der Waals surface area contributed by atoms with Gasteiger partial charge in [-0.1, -0.05) is 32.8 Å². The van der Waals surface area contributed by atoms with Gasteiger partial charge in [0.25, 0.3) is 0 Å². The minimum Gasteiger partial charge on any atom is -0.480 e. The Morgan fingerprint density at radius 3 is 2.20 bits per heavy atom. The average Bonchev–Trinajstić information content (AvgIpc) is 2.35. The summed E-state index contributed by atoms with van der Waals surface area (Å²) in [7, 11) is 0. The van der Waals surface area contributed by atoms with Crippen LogP contribution in [0, 0.1) is 5.41 Å². The van der Waals surface area contributed by atoms with Gasteiger partial charge in [-0.2, -0.15) is 0 Å². The van der Waals surface area contributed by atoms with E-state index in [1.165, 1.54) is 6.08 Å². The highest BCUT2D eigenvalue weighted by atomic mass is 16.6. The summed E-state index contributed by atoms with van der Waals surface area (Å²) < 4.78 is 5.50. The van der Waals surface area contributed by atoms with Crippen LogP contribution in [-0.2, 0) is 14.3 Å². The molecule has 116 valence electrons. The van der Waals surface area contributed by atoms with Crippen molar-refractivity contribution in [2.24, 2.45) is 5.41 Å². The molecule has 0 heterocycles. The monoisotopic (exact) mass is 284 g/mol. The van der Waals surface area contributed by atoms with Gasteiger partial charge in [0.1, 0.15) is 5.60 Å². The van der Waals surface area contributed by atoms with Crippen molar-refractivity contribution in [1.82, 2.24) is 0 Å². The van der Waals surface area contributed by atoms with Gasteiger partial charge >= 0.3 is 11.9 Å². The average molecular weight is 284 g/mol. The van der Waals surface area contributed by atoms with Crippen LogP contribution in [0.15, 0.2) is 12.7 Å². The van der Waals surface area contributed by atoms with E-state index in [0.29, 0.717) is 6.42 Å². The number of carboxylic acid groups (broad SMARTS) is 1. The zero-order chi connectivity index (χ0) is 15.8. The number of carboxylic acids is 1. The lowest BCUT2D eigenvalue weighted by atomic mass is 9.80. The number of carbonyl (C=O) groups excluding carboxylic acids is 1. The number of allylic oxidation sites excluding steroid dienone is 1. The smallest absolute Gasteiger partial charge is 0.324 e. The molecule has 0 aromatic carbocycles. The van der Waals surface area contributed by atoms with Gasteiger partial charge in [0.2, 0.25) is 0 Å². The van der Waals surface area contributed by atoms with Crippen molar-refractivity contribution in [2.75, 3.05) is 0 Å². The minimum absolute atomic E-state index is 0.0961. The summed E-state index contributed by atoms with van der Waals surface area (Å²) in [5.74, 6) is -1.77. The molecule has 1 unspecified atom stereocenters. The van der Waals surface area contributed by atoms with Gasteiger partial charge in [0.15, 0.2) is 5.41 Å². The second-order valence-corrected chi connectivity index (χ2v) is 5.88. The number of esters is 1. The molecule has 0 aliphatic heterocycles. The molecule has 20 heavy (non-hydrogen) atoms. The topological polar surface area (TPSA) is 63.6 Å². The Labute approximate surface area is 122 Å². The minimum atomic E-state index is -1.50. The van der Waals surface area contributed by atoms with Gasteiger partial charge in [0.05, 0.1) is 0 Å². The maximum Gasteiger partial charge on any atom is 0.324 e. The van der Waals surface area contributed by atoms with Gasteiger partial charge in [0, 0.05) is 0 Å². The molecule has 0 saturated carbocycles. The molecule has 0 aromatic rings. The lowest BCUT2D eigenvalue weighted by Crippen LogP contribution is -2.44. The number of carbonyl (C=O) groups is 2. The van der Waals surface area contributed by atoms with E-state index in [0.717, 1.165) is 19.3 Å². The number of ether oxygens (including phenoxy) is 1. The third-order valence-electron chi connectivity index (χ3n) is 3.47. The van der Waals surface area contributed by atoms with Crippen LogP contribution >= 0.6 is 0 Å². The SMILES string of the molecule is C=CCC(CCC)(C(=O)O)C(=O)OC(C)(C)CCCC. The van der Waals surface area contributed by atoms with Gasteiger partial charge in [-0.25, -0.2) is 0 Å². The first-order valence-electron chi connectivity index (χ1n) is 7.33. The molecule has 0 amide bonds. The third-order valence-corrected chi connectivity index (χ3v) is 3.47. The lowest BCUT2D eigenvalue weighted by molar-refractivity contribution is -0.179. The number of aliphatic carboxylic acids is 1. The first-order valence-corrected chi connectivity index (χ1v) is 7.33. The van der Waals surface area contributed by atoms with Crippen LogP contribution in [0.2, 0.25) is 0 Å². The first-order chi connectivity index (χ1) is 9.25. The molecule has 0 rings (SSSR count). The van der Waals surface area contributed by atoms with Crippen molar-refractivity contribution < 1.29 is 19.4 Å². The fourth-order valence-corrected chi connectivity index (χ4v) is 2.24. The van der Waals surface area contributed by atoms with Crippen LogP contribution in [0.1, 0.15) is 66.2 Å². The molecule has 0 saturated heterocycles. The van der Waals surface area contributed by atoms with Crippen LogP contribution in [0.4, 0.5) is 0 Å². The molecule has 0 aromatic heterocycles. The molecule has 1 atom stereocenters. The summed E-state index contributed by atoms with van der Waals surface area (Å²) in [6.45, 7) is 11.1. The van der Waals surface area contributed by atoms with E-state index in [9.17, 15) is 14.7 Å². The number of hydrogen-bond acceptors (Lipinski definition) is 3. The van der Waals surface area contributed by atoms with Gasteiger partial charge in [-0.15, -0.1) is 6.58 Å². The predicted octanol–water partition coefficient (Wildman–Crippen LogP) is 3.95. The molecular formula is C16H28O4. The molecule has 4 nitrogen and oxygen atoms in total. The Morgan fingerprint density at radius 1 is 1.20 bits per heavy atom. The van der Waals surface area contributed by atoms with Gasteiger partial charge in [-0.05, 0) is 39.5 Å². The Kier molecular flexibility index (Phi) is 7.54. The molecule has 4 heteroatoms. The molecule has 0 radical (unpaired) electrons. The summed E-state index contributed by atoms with van der Waals surface area (Å²) >= 11 is 0. The highest BCUT2D eigenvalue weighted by Gasteiger charge is 2.47. The van der Waals surface area contributed by atoms with Crippen LogP contribution in [0.3, 0.4) is 0 Å². The standard InChI is InChI=1S/C16H28O4/c1-6-9-12-15(4,5)20-14(19)16(10-7-2,11-8-3)13(17)18/h7H,2,6,8-12H2,1,3-5H3,(H,17,18). The fraction of sp³-hybridized carbons (Fsp3) is 0.750. The highest BCUT2D eigenvalue weighted by molar-refractivity contribution is 5.99. The Hall–Kier alpha value is -1.32. The summed E-state index contributed by atoms with van der Waals surface area (Å²) in [6, 6.07) is 0. The van der Waals surface area contributed by atoms with Crippen LogP contribution in [0.25, 0.3) is 0 Å². The molecule has 0 aliphatic rings. The van der Waals surface area contributed by atoms with Crippen LogP contribution in [0.5, 0.6) is 0 Å². The Balaban J connectivity index is 5.13. The van der Waals surface area contributed by atoms with Crippen molar-refractivity contribution in [3.8, 4) is 0 Å². The summed E-state index contributed by atoms with van der Waals surface area (Å²) in [5, 5.41) is 9.48. The van der Waals surface area contributed by atoms with E-state index >= 15 is 0 Å². The molecule has 0 aliphatic carbocycles. The van der Waals surface area contributed by atoms with Crippen molar-refractivity contribution in [3.63, 3.8) is 0 Å². The van der Waals surface area contributed by atoms with E-state index in [1.54, 1.807) is 0 Å². The maximum atomic E-state index is 12.4. The van der Waals surface area contributed by atoms with Gasteiger partial charge in [-0.3, -0.25) is 9.59 Å². The maximum absolute atomic E-state index is 12.4. The van der Waals surface area contributed by atoms with Crippen LogP contribution in [-0.4, -0.2) is 22.6 Å². The number of rotatable bonds is 10. The summed E-state index contributed by atoms with van der Waals surface area (Å²) in [6.07, 6.45) is 5.11. The fourth-order valence-electron chi connectivity index (χ4n) is 2.24. The molecule has 0 spiro atoms.